The van der Waals surface area contributed by atoms with Gasteiger partial charge in [-0.05, 0) is 48.2 Å². The van der Waals surface area contributed by atoms with Crippen LogP contribution in [-0.4, -0.2) is 55.0 Å². The molecule has 1 N–H and O–H groups in total. The molecule has 4 heteroatoms. The zero-order chi connectivity index (χ0) is 18.2. The van der Waals surface area contributed by atoms with Crippen molar-refractivity contribution in [1.82, 2.24) is 15.1 Å². The summed E-state index contributed by atoms with van der Waals surface area (Å²) in [5.74, 6) is 0.606. The van der Waals surface area contributed by atoms with Crippen LogP contribution in [0.2, 0.25) is 0 Å². The van der Waals surface area contributed by atoms with Crippen LogP contribution in [0.3, 0.4) is 0 Å². The number of piperidine rings is 1. The first-order valence-corrected chi connectivity index (χ1v) is 10.2. The summed E-state index contributed by atoms with van der Waals surface area (Å²) in [5.41, 5.74) is 5.56. The van der Waals surface area contributed by atoms with E-state index < -0.39 is 0 Å². The summed E-state index contributed by atoms with van der Waals surface area (Å²) in [6.07, 6.45) is 1.98. The maximum Gasteiger partial charge on any atom is 0.225 e. The third-order valence-electron chi connectivity index (χ3n) is 6.48. The Morgan fingerprint density at radius 1 is 0.815 bits per heavy atom. The molecule has 0 aromatic heterocycles. The van der Waals surface area contributed by atoms with Crippen molar-refractivity contribution >= 4 is 5.91 Å². The summed E-state index contributed by atoms with van der Waals surface area (Å²) in [4.78, 5) is 17.5. The number of rotatable bonds is 2. The predicted octanol–water partition coefficient (Wildman–Crippen LogP) is 2.90. The molecule has 2 saturated heterocycles. The summed E-state index contributed by atoms with van der Waals surface area (Å²) in [6.45, 7) is 5.55. The third kappa shape index (κ3) is 2.97. The van der Waals surface area contributed by atoms with Gasteiger partial charge in [0.1, 0.15) is 0 Å². The molecular formula is C23H27N3O. The number of fused-ring (bicyclic) bond motifs is 3. The Morgan fingerprint density at radius 2 is 1.37 bits per heavy atom. The number of amides is 1. The number of hydrogen-bond donors (Lipinski definition) is 1. The molecule has 0 radical (unpaired) electrons. The van der Waals surface area contributed by atoms with Crippen LogP contribution in [0.4, 0.5) is 0 Å². The second kappa shape index (κ2) is 7.10. The van der Waals surface area contributed by atoms with Crippen molar-refractivity contribution in [3.8, 4) is 11.1 Å². The first-order valence-electron chi connectivity index (χ1n) is 10.2. The molecule has 2 aromatic rings. The van der Waals surface area contributed by atoms with Crippen LogP contribution >= 0.6 is 0 Å². The Labute approximate surface area is 161 Å². The van der Waals surface area contributed by atoms with Gasteiger partial charge in [0.15, 0.2) is 0 Å². The number of nitrogens with zero attached hydrogens (tertiary/aromatic N) is 2. The Kier molecular flexibility index (Phi) is 4.46. The second-order valence-electron chi connectivity index (χ2n) is 7.96. The lowest BCUT2D eigenvalue weighted by molar-refractivity contribution is -0.138. The van der Waals surface area contributed by atoms with E-state index in [1.54, 1.807) is 0 Å². The van der Waals surface area contributed by atoms with Gasteiger partial charge >= 0.3 is 0 Å². The summed E-state index contributed by atoms with van der Waals surface area (Å²) in [5, 5.41) is 3.36. The van der Waals surface area contributed by atoms with E-state index in [1.807, 2.05) is 0 Å². The number of carbonyl (C=O) groups excluding carboxylic acids is 1. The monoisotopic (exact) mass is 361 g/mol. The Bertz CT molecular complexity index is 790. The maximum absolute atomic E-state index is 12.9. The number of piperazine rings is 1. The maximum atomic E-state index is 12.9. The van der Waals surface area contributed by atoms with Crippen molar-refractivity contribution in [2.24, 2.45) is 5.92 Å². The van der Waals surface area contributed by atoms with Crippen molar-refractivity contribution in [3.63, 3.8) is 0 Å². The van der Waals surface area contributed by atoms with Gasteiger partial charge in [0.25, 0.3) is 0 Å². The number of nitrogens with one attached hydrogen (secondary N) is 1. The average Bonchev–Trinajstić information content (AvgIpc) is 3.08. The lowest BCUT2D eigenvalue weighted by Gasteiger charge is -2.40. The average molecular weight is 361 g/mol. The van der Waals surface area contributed by atoms with Crippen LogP contribution in [0.5, 0.6) is 0 Å². The van der Waals surface area contributed by atoms with Crippen LogP contribution in [0.25, 0.3) is 11.1 Å². The fourth-order valence-electron chi connectivity index (χ4n) is 5.05. The molecule has 0 saturated carbocycles. The van der Waals surface area contributed by atoms with Gasteiger partial charge < -0.3 is 10.2 Å². The first-order chi connectivity index (χ1) is 13.3. The highest BCUT2D eigenvalue weighted by molar-refractivity contribution is 5.80. The topological polar surface area (TPSA) is 35.6 Å². The standard InChI is InChI=1S/C23H27N3O/c27-23(17-9-11-24-12-10-17)26-15-13-25(14-16-26)22-20-7-3-1-5-18(20)19-6-2-4-8-21(19)22/h1-8,17,22,24H,9-16H2. The Hall–Kier alpha value is -2.17. The van der Waals surface area contributed by atoms with E-state index in [4.69, 9.17) is 0 Å². The quantitative estimate of drug-likeness (QED) is 0.893. The van der Waals surface area contributed by atoms with E-state index in [0.29, 0.717) is 11.9 Å². The first kappa shape index (κ1) is 17.0. The predicted molar refractivity (Wildman–Crippen MR) is 107 cm³/mol. The molecule has 2 fully saturated rings. The van der Waals surface area contributed by atoms with E-state index in [2.05, 4.69) is 63.6 Å². The number of benzene rings is 2. The molecule has 27 heavy (non-hydrogen) atoms. The highest BCUT2D eigenvalue weighted by Gasteiger charge is 2.35. The van der Waals surface area contributed by atoms with Gasteiger partial charge in [0.2, 0.25) is 5.91 Å². The molecule has 0 spiro atoms. The minimum absolute atomic E-state index is 0.228. The van der Waals surface area contributed by atoms with E-state index in [9.17, 15) is 4.79 Å². The fraction of sp³-hybridized carbons (Fsp3) is 0.435. The van der Waals surface area contributed by atoms with Crippen molar-refractivity contribution in [2.75, 3.05) is 39.3 Å². The van der Waals surface area contributed by atoms with Crippen molar-refractivity contribution < 1.29 is 4.79 Å². The second-order valence-corrected chi connectivity index (χ2v) is 7.96. The van der Waals surface area contributed by atoms with Gasteiger partial charge in [-0.15, -0.1) is 0 Å². The molecule has 5 rings (SSSR count). The highest BCUT2D eigenvalue weighted by atomic mass is 16.2. The van der Waals surface area contributed by atoms with Crippen molar-refractivity contribution in [1.29, 1.82) is 0 Å². The molecule has 0 atom stereocenters. The van der Waals surface area contributed by atoms with Crippen LogP contribution in [0.1, 0.15) is 30.0 Å². The molecule has 2 aromatic carbocycles. The van der Waals surface area contributed by atoms with Gasteiger partial charge in [-0.1, -0.05) is 48.5 Å². The van der Waals surface area contributed by atoms with E-state index in [0.717, 1.165) is 52.1 Å². The minimum atomic E-state index is 0.228. The largest absolute Gasteiger partial charge is 0.340 e. The van der Waals surface area contributed by atoms with Crippen LogP contribution in [-0.2, 0) is 4.79 Å². The van der Waals surface area contributed by atoms with Crippen molar-refractivity contribution in [2.45, 2.75) is 18.9 Å². The molecule has 2 aliphatic heterocycles. The fourth-order valence-corrected chi connectivity index (χ4v) is 5.05. The van der Waals surface area contributed by atoms with Gasteiger partial charge in [-0.25, -0.2) is 0 Å². The SMILES string of the molecule is O=C(C1CCNCC1)N1CCN(C2c3ccccc3-c3ccccc32)CC1. The van der Waals surface area contributed by atoms with E-state index >= 15 is 0 Å². The molecule has 2 heterocycles. The minimum Gasteiger partial charge on any atom is -0.340 e. The van der Waals surface area contributed by atoms with Crippen LogP contribution in [0.15, 0.2) is 48.5 Å². The lowest BCUT2D eigenvalue weighted by Crippen LogP contribution is -2.52. The third-order valence-corrected chi connectivity index (χ3v) is 6.48. The summed E-state index contributed by atoms with van der Waals surface area (Å²) >= 11 is 0. The molecule has 1 aliphatic carbocycles. The zero-order valence-electron chi connectivity index (χ0n) is 15.7. The van der Waals surface area contributed by atoms with Crippen LogP contribution < -0.4 is 5.32 Å². The van der Waals surface area contributed by atoms with Crippen molar-refractivity contribution in [3.05, 3.63) is 59.7 Å². The molecule has 0 unspecified atom stereocenters. The summed E-state index contributed by atoms with van der Waals surface area (Å²) < 4.78 is 0. The Balaban J connectivity index is 1.33. The van der Waals surface area contributed by atoms with Gasteiger partial charge in [-0.3, -0.25) is 9.69 Å². The number of hydrogen-bond acceptors (Lipinski definition) is 3. The number of carbonyl (C=O) groups is 1. The van der Waals surface area contributed by atoms with Gasteiger partial charge in [-0.2, -0.15) is 0 Å². The van der Waals surface area contributed by atoms with Gasteiger partial charge in [0.05, 0.1) is 6.04 Å². The summed E-state index contributed by atoms with van der Waals surface area (Å²) in [6, 6.07) is 17.9. The smallest absolute Gasteiger partial charge is 0.225 e. The Morgan fingerprint density at radius 3 is 1.96 bits per heavy atom. The molecule has 0 bridgehead atoms. The molecule has 4 nitrogen and oxygen atoms in total. The van der Waals surface area contributed by atoms with Crippen LogP contribution in [0, 0.1) is 5.92 Å². The highest BCUT2D eigenvalue weighted by Crippen LogP contribution is 2.46. The molecule has 1 amide bonds. The zero-order valence-corrected chi connectivity index (χ0v) is 15.7. The summed E-state index contributed by atoms with van der Waals surface area (Å²) in [7, 11) is 0. The van der Waals surface area contributed by atoms with E-state index in [-0.39, 0.29) is 5.92 Å². The lowest BCUT2D eigenvalue weighted by atomic mass is 9.96. The normalized spacial score (nSPS) is 21.1. The van der Waals surface area contributed by atoms with E-state index in [1.165, 1.54) is 22.3 Å². The molecule has 140 valence electrons. The van der Waals surface area contributed by atoms with Gasteiger partial charge in [0, 0.05) is 32.1 Å². The molecule has 3 aliphatic rings. The molecular weight excluding hydrogens is 334 g/mol.